The van der Waals surface area contributed by atoms with Crippen LogP contribution < -0.4 is 4.72 Å². The number of hydrogen-bond donors (Lipinski definition) is 1. The molecular formula is C13H19ClN2O2S. The lowest BCUT2D eigenvalue weighted by Gasteiger charge is -2.29. The molecule has 0 saturated carbocycles. The second-order valence-electron chi connectivity index (χ2n) is 5.11. The van der Waals surface area contributed by atoms with E-state index in [1.54, 1.807) is 12.1 Å². The molecule has 19 heavy (non-hydrogen) atoms. The first-order valence-electron chi connectivity index (χ1n) is 6.35. The molecule has 1 aromatic carbocycles. The maximum atomic E-state index is 12.3. The van der Waals surface area contributed by atoms with Gasteiger partial charge in [0.1, 0.15) is 0 Å². The summed E-state index contributed by atoms with van der Waals surface area (Å²) in [5.41, 5.74) is 0.875. The van der Waals surface area contributed by atoms with Gasteiger partial charge in [0.2, 0.25) is 10.0 Å². The van der Waals surface area contributed by atoms with E-state index >= 15 is 0 Å². The topological polar surface area (TPSA) is 49.4 Å². The molecule has 0 radical (unpaired) electrons. The van der Waals surface area contributed by atoms with Gasteiger partial charge in [-0.15, -0.1) is 0 Å². The Hall–Kier alpha value is -0.620. The number of rotatable bonds is 3. The van der Waals surface area contributed by atoms with Gasteiger partial charge in [-0.1, -0.05) is 17.7 Å². The van der Waals surface area contributed by atoms with Gasteiger partial charge < -0.3 is 4.90 Å². The fourth-order valence-electron chi connectivity index (χ4n) is 2.15. The van der Waals surface area contributed by atoms with Crippen molar-refractivity contribution in [2.45, 2.75) is 30.7 Å². The summed E-state index contributed by atoms with van der Waals surface area (Å²) in [5.74, 6) is 0. The molecule has 0 aliphatic carbocycles. The summed E-state index contributed by atoms with van der Waals surface area (Å²) in [6.07, 6.45) is 1.69. The number of nitrogens with one attached hydrogen (secondary N) is 1. The minimum atomic E-state index is -3.47. The monoisotopic (exact) mass is 302 g/mol. The number of likely N-dealkylation sites (tertiary alicyclic amines) is 1. The van der Waals surface area contributed by atoms with Crippen LogP contribution in [0.25, 0.3) is 0 Å². The van der Waals surface area contributed by atoms with Crippen LogP contribution >= 0.6 is 11.6 Å². The summed E-state index contributed by atoms with van der Waals surface area (Å²) in [7, 11) is -1.42. The molecule has 0 amide bonds. The number of benzene rings is 1. The van der Waals surface area contributed by atoms with E-state index in [2.05, 4.69) is 9.62 Å². The molecule has 0 bridgehead atoms. The highest BCUT2D eigenvalue weighted by atomic mass is 35.5. The lowest BCUT2D eigenvalue weighted by Crippen LogP contribution is -2.43. The fourth-order valence-corrected chi connectivity index (χ4v) is 3.73. The predicted octanol–water partition coefficient (Wildman–Crippen LogP) is 2.02. The van der Waals surface area contributed by atoms with Crippen LogP contribution in [0.15, 0.2) is 23.1 Å². The van der Waals surface area contributed by atoms with E-state index in [0.29, 0.717) is 5.02 Å². The Morgan fingerprint density at radius 2 is 1.95 bits per heavy atom. The largest absolute Gasteiger partial charge is 0.306 e. The third kappa shape index (κ3) is 3.69. The number of aryl methyl sites for hydroxylation is 1. The number of sulfonamides is 1. The zero-order valence-electron chi connectivity index (χ0n) is 11.2. The lowest BCUT2D eigenvalue weighted by molar-refractivity contribution is 0.248. The zero-order chi connectivity index (χ0) is 14.0. The molecule has 6 heteroatoms. The molecule has 106 valence electrons. The Labute approximate surface area is 119 Å². The summed E-state index contributed by atoms with van der Waals surface area (Å²) in [5, 5.41) is 0.478. The van der Waals surface area contributed by atoms with Crippen molar-refractivity contribution in [2.24, 2.45) is 0 Å². The number of nitrogens with zero attached hydrogens (tertiary/aromatic N) is 1. The van der Waals surface area contributed by atoms with Crippen LogP contribution in [0.3, 0.4) is 0 Å². The standard InChI is InChI=1S/C13H19ClN2O2S/c1-10-3-4-12(9-13(10)14)19(17,18)15-11-5-7-16(2)8-6-11/h3-4,9,11,15H,5-8H2,1-2H3. The van der Waals surface area contributed by atoms with E-state index in [9.17, 15) is 8.42 Å². The minimum absolute atomic E-state index is 0.0151. The van der Waals surface area contributed by atoms with Gasteiger partial charge in [0, 0.05) is 11.1 Å². The molecule has 2 rings (SSSR count). The zero-order valence-corrected chi connectivity index (χ0v) is 12.8. The van der Waals surface area contributed by atoms with Crippen LogP contribution in [0.1, 0.15) is 18.4 Å². The van der Waals surface area contributed by atoms with Crippen molar-refractivity contribution in [1.29, 1.82) is 0 Å². The minimum Gasteiger partial charge on any atom is -0.306 e. The maximum absolute atomic E-state index is 12.3. The Balaban J connectivity index is 2.11. The van der Waals surface area contributed by atoms with E-state index in [-0.39, 0.29) is 10.9 Å². The Morgan fingerprint density at radius 1 is 1.32 bits per heavy atom. The Kier molecular flexibility index (Phi) is 4.50. The normalized spacial score (nSPS) is 18.7. The van der Waals surface area contributed by atoms with Gasteiger partial charge in [0.15, 0.2) is 0 Å². The van der Waals surface area contributed by atoms with Crippen molar-refractivity contribution in [2.75, 3.05) is 20.1 Å². The van der Waals surface area contributed by atoms with Gasteiger partial charge in [0.05, 0.1) is 4.90 Å². The molecule has 1 N–H and O–H groups in total. The van der Waals surface area contributed by atoms with E-state index in [4.69, 9.17) is 11.6 Å². The van der Waals surface area contributed by atoms with Crippen molar-refractivity contribution in [3.05, 3.63) is 28.8 Å². The number of piperidine rings is 1. The van der Waals surface area contributed by atoms with Gasteiger partial charge >= 0.3 is 0 Å². The average Bonchev–Trinajstić information content (AvgIpc) is 2.35. The SMILES string of the molecule is Cc1ccc(S(=O)(=O)NC2CCN(C)CC2)cc1Cl. The van der Waals surface area contributed by atoms with Gasteiger partial charge in [-0.05, 0) is 57.6 Å². The quantitative estimate of drug-likeness (QED) is 0.929. The van der Waals surface area contributed by atoms with Crippen molar-refractivity contribution in [1.82, 2.24) is 9.62 Å². The fraction of sp³-hybridized carbons (Fsp3) is 0.538. The average molecular weight is 303 g/mol. The second-order valence-corrected chi connectivity index (χ2v) is 7.23. The molecule has 1 saturated heterocycles. The third-order valence-corrected chi connectivity index (χ3v) is 5.42. The maximum Gasteiger partial charge on any atom is 0.240 e. The van der Waals surface area contributed by atoms with Crippen molar-refractivity contribution in [3.63, 3.8) is 0 Å². The summed E-state index contributed by atoms with van der Waals surface area (Å²) < 4.78 is 27.3. The van der Waals surface area contributed by atoms with Crippen LogP contribution in [0.5, 0.6) is 0 Å². The van der Waals surface area contributed by atoms with Crippen LogP contribution in [0, 0.1) is 6.92 Å². The molecule has 1 aliphatic heterocycles. The molecule has 1 heterocycles. The van der Waals surface area contributed by atoms with Crippen LogP contribution in [0.4, 0.5) is 0 Å². The van der Waals surface area contributed by atoms with Gasteiger partial charge in [-0.2, -0.15) is 0 Å². The van der Waals surface area contributed by atoms with Crippen molar-refractivity contribution >= 4 is 21.6 Å². The highest BCUT2D eigenvalue weighted by molar-refractivity contribution is 7.89. The summed E-state index contributed by atoms with van der Waals surface area (Å²) in [6, 6.07) is 4.85. The molecule has 0 aromatic heterocycles. The highest BCUT2D eigenvalue weighted by Crippen LogP contribution is 2.21. The van der Waals surface area contributed by atoms with Gasteiger partial charge in [-0.3, -0.25) is 0 Å². The van der Waals surface area contributed by atoms with E-state index in [0.717, 1.165) is 31.5 Å². The smallest absolute Gasteiger partial charge is 0.240 e. The van der Waals surface area contributed by atoms with E-state index < -0.39 is 10.0 Å². The van der Waals surface area contributed by atoms with E-state index in [1.807, 2.05) is 14.0 Å². The molecular weight excluding hydrogens is 284 g/mol. The molecule has 1 aliphatic rings. The lowest BCUT2D eigenvalue weighted by atomic mass is 10.1. The molecule has 1 aromatic rings. The number of halogens is 1. The summed E-state index contributed by atoms with van der Waals surface area (Å²) >= 11 is 5.98. The highest BCUT2D eigenvalue weighted by Gasteiger charge is 2.23. The van der Waals surface area contributed by atoms with Crippen LogP contribution in [-0.2, 0) is 10.0 Å². The molecule has 4 nitrogen and oxygen atoms in total. The number of hydrogen-bond acceptors (Lipinski definition) is 3. The second kappa shape index (κ2) is 5.79. The first kappa shape index (κ1) is 14.8. The molecule has 0 spiro atoms. The third-order valence-electron chi connectivity index (χ3n) is 3.49. The molecule has 0 atom stereocenters. The van der Waals surface area contributed by atoms with Gasteiger partial charge in [-0.25, -0.2) is 13.1 Å². The van der Waals surface area contributed by atoms with E-state index in [1.165, 1.54) is 6.07 Å². The first-order chi connectivity index (χ1) is 8.88. The summed E-state index contributed by atoms with van der Waals surface area (Å²) in [4.78, 5) is 2.44. The molecule has 1 fully saturated rings. The van der Waals surface area contributed by atoms with Gasteiger partial charge in [0.25, 0.3) is 0 Å². The van der Waals surface area contributed by atoms with Crippen molar-refractivity contribution in [3.8, 4) is 0 Å². The molecule has 0 unspecified atom stereocenters. The van der Waals surface area contributed by atoms with Crippen LogP contribution in [0.2, 0.25) is 5.02 Å². The van der Waals surface area contributed by atoms with Crippen molar-refractivity contribution < 1.29 is 8.42 Å². The Bertz CT molecular complexity index is 552. The predicted molar refractivity (Wildman–Crippen MR) is 77.0 cm³/mol. The Morgan fingerprint density at radius 3 is 2.53 bits per heavy atom. The first-order valence-corrected chi connectivity index (χ1v) is 8.21. The summed E-state index contributed by atoms with van der Waals surface area (Å²) in [6.45, 7) is 3.69. The van der Waals surface area contributed by atoms with Crippen LogP contribution in [-0.4, -0.2) is 39.5 Å².